The summed E-state index contributed by atoms with van der Waals surface area (Å²) in [5.41, 5.74) is 0.389. The molecule has 0 aliphatic carbocycles. The van der Waals surface area contributed by atoms with Crippen LogP contribution in [0.3, 0.4) is 0 Å². The van der Waals surface area contributed by atoms with Gasteiger partial charge in [-0.3, -0.25) is 18.7 Å². The lowest BCUT2D eigenvalue weighted by Crippen LogP contribution is -2.24. The third kappa shape index (κ3) is 3.82. The molecular formula is C14H13ClN2O5. The van der Waals surface area contributed by atoms with Crippen molar-refractivity contribution in [3.8, 4) is 0 Å². The first-order valence-electron chi connectivity index (χ1n) is 6.51. The van der Waals surface area contributed by atoms with Crippen molar-refractivity contribution in [3.63, 3.8) is 0 Å². The first-order valence-corrected chi connectivity index (χ1v) is 6.88. The zero-order chi connectivity index (χ0) is 16.1. The van der Waals surface area contributed by atoms with Crippen LogP contribution in [0, 0.1) is 0 Å². The molecule has 0 N–H and O–H groups in total. The Morgan fingerprint density at radius 1 is 1.32 bits per heavy atom. The van der Waals surface area contributed by atoms with Crippen LogP contribution in [0.2, 0.25) is 5.02 Å². The second-order valence-electron chi connectivity index (χ2n) is 4.36. The molecule has 0 atom stereocenters. The predicted octanol–water partition coefficient (Wildman–Crippen LogP) is 1.48. The average Bonchev–Trinajstić information content (AvgIpc) is 2.81. The van der Waals surface area contributed by atoms with E-state index >= 15 is 0 Å². The minimum atomic E-state index is -0.804. The SMILES string of the molecule is CCOC(=O)Cc1noc(=O)n1CC(=O)c1ccc(Cl)cc1. The lowest BCUT2D eigenvalue weighted by Gasteiger charge is -2.04. The number of rotatable bonds is 6. The maximum absolute atomic E-state index is 12.2. The number of ether oxygens (including phenoxy) is 1. The molecule has 0 saturated heterocycles. The van der Waals surface area contributed by atoms with Gasteiger partial charge in [0.05, 0.1) is 13.2 Å². The molecule has 22 heavy (non-hydrogen) atoms. The Bertz CT molecular complexity index is 732. The van der Waals surface area contributed by atoms with Crippen LogP contribution in [-0.2, 0) is 22.5 Å². The Morgan fingerprint density at radius 3 is 2.64 bits per heavy atom. The molecule has 2 rings (SSSR count). The highest BCUT2D eigenvalue weighted by atomic mass is 35.5. The van der Waals surface area contributed by atoms with E-state index in [4.69, 9.17) is 16.3 Å². The number of carbonyl (C=O) groups excluding carboxylic acids is 2. The zero-order valence-corrected chi connectivity index (χ0v) is 12.5. The predicted molar refractivity (Wildman–Crippen MR) is 76.9 cm³/mol. The second kappa shape index (κ2) is 7.04. The van der Waals surface area contributed by atoms with E-state index in [0.717, 1.165) is 4.57 Å². The van der Waals surface area contributed by atoms with E-state index in [2.05, 4.69) is 9.68 Å². The summed E-state index contributed by atoms with van der Waals surface area (Å²) in [7, 11) is 0. The van der Waals surface area contributed by atoms with Gasteiger partial charge in [0.1, 0.15) is 6.42 Å². The minimum absolute atomic E-state index is 0.0470. The van der Waals surface area contributed by atoms with Crippen molar-refractivity contribution < 1.29 is 18.8 Å². The molecule has 0 aliphatic heterocycles. The molecule has 1 aromatic carbocycles. The van der Waals surface area contributed by atoms with E-state index < -0.39 is 11.7 Å². The number of carbonyl (C=O) groups is 2. The summed E-state index contributed by atoms with van der Waals surface area (Å²) in [5, 5.41) is 4.00. The largest absolute Gasteiger partial charge is 0.466 e. The first kappa shape index (κ1) is 16.0. The molecule has 0 fully saturated rings. The molecule has 0 amide bonds. The van der Waals surface area contributed by atoms with Crippen molar-refractivity contribution in [2.45, 2.75) is 19.9 Å². The van der Waals surface area contributed by atoms with E-state index in [1.807, 2.05) is 0 Å². The molecule has 8 heteroatoms. The number of Topliss-reactive ketones (excluding diaryl/α,β-unsaturated/α-hetero) is 1. The number of ketones is 1. The van der Waals surface area contributed by atoms with Crippen molar-refractivity contribution in [1.82, 2.24) is 9.72 Å². The zero-order valence-electron chi connectivity index (χ0n) is 11.7. The summed E-state index contributed by atoms with van der Waals surface area (Å²) < 4.78 is 10.3. The molecule has 7 nitrogen and oxygen atoms in total. The van der Waals surface area contributed by atoms with Crippen LogP contribution >= 0.6 is 11.6 Å². The normalized spacial score (nSPS) is 10.5. The smallest absolute Gasteiger partial charge is 0.442 e. The van der Waals surface area contributed by atoms with Crippen molar-refractivity contribution in [2.24, 2.45) is 0 Å². The minimum Gasteiger partial charge on any atom is -0.466 e. The van der Waals surface area contributed by atoms with Gasteiger partial charge in [0.25, 0.3) is 0 Å². The highest BCUT2D eigenvalue weighted by Gasteiger charge is 2.18. The molecular weight excluding hydrogens is 312 g/mol. The molecule has 1 aromatic heterocycles. The lowest BCUT2D eigenvalue weighted by atomic mass is 10.1. The van der Waals surface area contributed by atoms with Crippen molar-refractivity contribution in [2.75, 3.05) is 6.61 Å². The molecule has 0 aliphatic rings. The Balaban J connectivity index is 2.17. The Morgan fingerprint density at radius 2 is 2.00 bits per heavy atom. The van der Waals surface area contributed by atoms with Crippen LogP contribution in [0.1, 0.15) is 23.1 Å². The summed E-state index contributed by atoms with van der Waals surface area (Å²) in [4.78, 5) is 35.2. The number of halogens is 1. The second-order valence-corrected chi connectivity index (χ2v) is 4.80. The number of aromatic nitrogens is 2. The number of benzene rings is 1. The number of hydrogen-bond donors (Lipinski definition) is 0. The van der Waals surface area contributed by atoms with Crippen LogP contribution < -0.4 is 5.76 Å². The van der Waals surface area contributed by atoms with E-state index in [1.54, 1.807) is 31.2 Å². The average molecular weight is 325 g/mol. The number of hydrogen-bond acceptors (Lipinski definition) is 6. The van der Waals surface area contributed by atoms with Gasteiger partial charge < -0.3 is 4.74 Å². The summed E-state index contributed by atoms with van der Waals surface area (Å²) in [6.07, 6.45) is -0.243. The van der Waals surface area contributed by atoms with Crippen molar-refractivity contribution >= 4 is 23.4 Å². The Labute approximate surface area is 130 Å². The monoisotopic (exact) mass is 324 g/mol. The molecule has 2 aromatic rings. The van der Waals surface area contributed by atoms with Gasteiger partial charge in [0.2, 0.25) is 0 Å². The molecule has 0 unspecified atom stereocenters. The van der Waals surface area contributed by atoms with E-state index in [-0.39, 0.29) is 31.2 Å². The van der Waals surface area contributed by atoms with Crippen LogP contribution in [0.4, 0.5) is 0 Å². The fraction of sp³-hybridized carbons (Fsp3) is 0.286. The highest BCUT2D eigenvalue weighted by Crippen LogP contribution is 2.11. The molecule has 1 heterocycles. The maximum Gasteiger partial charge on any atom is 0.442 e. The Kier molecular flexibility index (Phi) is 5.11. The van der Waals surface area contributed by atoms with Crippen LogP contribution in [0.15, 0.2) is 33.6 Å². The summed E-state index contributed by atoms with van der Waals surface area (Å²) in [6, 6.07) is 6.25. The fourth-order valence-corrected chi connectivity index (χ4v) is 1.92. The topological polar surface area (TPSA) is 91.4 Å². The summed E-state index contributed by atoms with van der Waals surface area (Å²) in [6.45, 7) is 1.60. The molecule has 0 radical (unpaired) electrons. The molecule has 0 saturated carbocycles. The van der Waals surface area contributed by atoms with Gasteiger partial charge in [-0.25, -0.2) is 4.79 Å². The number of nitrogens with zero attached hydrogens (tertiary/aromatic N) is 2. The quantitative estimate of drug-likeness (QED) is 0.590. The highest BCUT2D eigenvalue weighted by molar-refractivity contribution is 6.30. The number of esters is 1. The van der Waals surface area contributed by atoms with E-state index in [9.17, 15) is 14.4 Å². The van der Waals surface area contributed by atoms with Gasteiger partial charge in [0, 0.05) is 10.6 Å². The van der Waals surface area contributed by atoms with Crippen molar-refractivity contribution in [3.05, 3.63) is 51.2 Å². The fourth-order valence-electron chi connectivity index (χ4n) is 1.79. The molecule has 0 bridgehead atoms. The van der Waals surface area contributed by atoms with E-state index in [1.165, 1.54) is 0 Å². The van der Waals surface area contributed by atoms with Gasteiger partial charge >= 0.3 is 11.7 Å². The third-order valence-electron chi connectivity index (χ3n) is 2.84. The van der Waals surface area contributed by atoms with Gasteiger partial charge in [-0.1, -0.05) is 16.8 Å². The maximum atomic E-state index is 12.2. The standard InChI is InChI=1S/C14H13ClN2O5/c1-2-21-13(19)7-12-16-22-14(20)17(12)8-11(18)9-3-5-10(15)6-4-9/h3-6H,2,7-8H2,1H3. The van der Waals surface area contributed by atoms with Crippen LogP contribution in [-0.4, -0.2) is 28.1 Å². The van der Waals surface area contributed by atoms with Crippen molar-refractivity contribution in [1.29, 1.82) is 0 Å². The third-order valence-corrected chi connectivity index (χ3v) is 3.09. The van der Waals surface area contributed by atoms with Gasteiger partial charge in [-0.2, -0.15) is 0 Å². The van der Waals surface area contributed by atoms with Gasteiger partial charge in [-0.15, -0.1) is 0 Å². The summed E-state index contributed by atoms with van der Waals surface area (Å²) >= 11 is 5.75. The van der Waals surface area contributed by atoms with Crippen LogP contribution in [0.25, 0.3) is 0 Å². The molecule has 116 valence electrons. The van der Waals surface area contributed by atoms with E-state index in [0.29, 0.717) is 10.6 Å². The van der Waals surface area contributed by atoms with Gasteiger partial charge in [-0.05, 0) is 31.2 Å². The molecule has 0 spiro atoms. The van der Waals surface area contributed by atoms with Crippen LogP contribution in [0.5, 0.6) is 0 Å². The van der Waals surface area contributed by atoms with Gasteiger partial charge in [0.15, 0.2) is 11.6 Å². The first-order chi connectivity index (χ1) is 10.5. The lowest BCUT2D eigenvalue weighted by molar-refractivity contribution is -0.142. The summed E-state index contributed by atoms with van der Waals surface area (Å²) in [5.74, 6) is -1.64. The Hall–Kier alpha value is -2.41.